The lowest BCUT2D eigenvalue weighted by Crippen LogP contribution is -2.12. The van der Waals surface area contributed by atoms with Crippen molar-refractivity contribution in [1.29, 1.82) is 0 Å². The summed E-state index contributed by atoms with van der Waals surface area (Å²) in [6.45, 7) is 2.37. The average Bonchev–Trinajstić information content (AvgIpc) is 2.18. The maximum absolute atomic E-state index is 13.4. The van der Waals surface area contributed by atoms with Gasteiger partial charge in [0.05, 0.1) is 7.11 Å². The van der Waals surface area contributed by atoms with Gasteiger partial charge in [-0.3, -0.25) is 0 Å². The number of benzene rings is 1. The number of aryl methyl sites for hydroxylation is 1. The van der Waals surface area contributed by atoms with Crippen molar-refractivity contribution in [2.75, 3.05) is 13.7 Å². The van der Waals surface area contributed by atoms with Gasteiger partial charge in [-0.05, 0) is 31.5 Å². The van der Waals surface area contributed by atoms with Gasteiger partial charge < -0.3 is 10.5 Å². The van der Waals surface area contributed by atoms with Gasteiger partial charge in [0.2, 0.25) is 0 Å². The molecule has 1 aromatic carbocycles. The molecule has 15 heavy (non-hydrogen) atoms. The van der Waals surface area contributed by atoms with Crippen LogP contribution in [0.15, 0.2) is 18.2 Å². The molecule has 84 valence electrons. The number of nitrogens with two attached hydrogens (primary N) is 1. The highest BCUT2D eigenvalue weighted by Crippen LogP contribution is 2.22. The summed E-state index contributed by atoms with van der Waals surface area (Å²) in [6.07, 6.45) is -0.107. The topological polar surface area (TPSA) is 35.2 Å². The Bertz CT molecular complexity index is 314. The van der Waals surface area contributed by atoms with Crippen molar-refractivity contribution in [2.45, 2.75) is 25.9 Å². The van der Waals surface area contributed by atoms with Crippen molar-refractivity contribution in [2.24, 2.45) is 5.73 Å². The molecule has 0 aliphatic carbocycles. The quantitative estimate of drug-likeness (QED) is 0.810. The summed E-state index contributed by atoms with van der Waals surface area (Å²) < 4.78 is 18.6. The maximum atomic E-state index is 13.4. The minimum atomic E-state index is -0.884. The van der Waals surface area contributed by atoms with Crippen LogP contribution >= 0.6 is 0 Å². The minimum Gasteiger partial charge on any atom is -0.496 e. The largest absolute Gasteiger partial charge is 0.496 e. The standard InChI is InChI=1S/C12H18FNO/c1-9-3-4-12(15-2)10(7-9)8-11(13)5-6-14/h3-4,7,11H,5-6,8,14H2,1-2H3. The Morgan fingerprint density at radius 3 is 2.80 bits per heavy atom. The fourth-order valence-electron chi connectivity index (χ4n) is 1.59. The first-order valence-corrected chi connectivity index (χ1v) is 5.15. The molecule has 1 aromatic rings. The van der Waals surface area contributed by atoms with Crippen LogP contribution in [-0.4, -0.2) is 19.8 Å². The zero-order chi connectivity index (χ0) is 11.3. The van der Waals surface area contributed by atoms with Crippen LogP contribution in [0.2, 0.25) is 0 Å². The van der Waals surface area contributed by atoms with E-state index in [-0.39, 0.29) is 0 Å². The lowest BCUT2D eigenvalue weighted by Gasteiger charge is -2.11. The van der Waals surface area contributed by atoms with E-state index in [0.717, 1.165) is 16.9 Å². The number of alkyl halides is 1. The van der Waals surface area contributed by atoms with Crippen LogP contribution in [0.4, 0.5) is 4.39 Å². The Labute approximate surface area is 90.2 Å². The van der Waals surface area contributed by atoms with Crippen LogP contribution < -0.4 is 10.5 Å². The van der Waals surface area contributed by atoms with E-state index in [2.05, 4.69) is 0 Å². The van der Waals surface area contributed by atoms with Gasteiger partial charge >= 0.3 is 0 Å². The van der Waals surface area contributed by atoms with Crippen molar-refractivity contribution in [1.82, 2.24) is 0 Å². The van der Waals surface area contributed by atoms with Crippen molar-refractivity contribution in [3.8, 4) is 5.75 Å². The molecule has 1 rings (SSSR count). The lowest BCUT2D eigenvalue weighted by atomic mass is 10.0. The number of halogens is 1. The first kappa shape index (κ1) is 12.0. The third-order valence-corrected chi connectivity index (χ3v) is 2.36. The minimum absolute atomic E-state index is 0.377. The van der Waals surface area contributed by atoms with Crippen LogP contribution in [0.25, 0.3) is 0 Å². The molecular weight excluding hydrogens is 193 g/mol. The Kier molecular flexibility index (Phi) is 4.56. The summed E-state index contributed by atoms with van der Waals surface area (Å²) in [6, 6.07) is 5.79. The zero-order valence-corrected chi connectivity index (χ0v) is 9.29. The van der Waals surface area contributed by atoms with Gasteiger partial charge in [0, 0.05) is 6.42 Å². The number of hydrogen-bond acceptors (Lipinski definition) is 2. The van der Waals surface area contributed by atoms with Crippen LogP contribution in [0.5, 0.6) is 5.75 Å². The Morgan fingerprint density at radius 1 is 1.47 bits per heavy atom. The molecule has 0 bridgehead atoms. The molecule has 0 saturated carbocycles. The molecule has 1 atom stereocenters. The molecule has 3 heteroatoms. The Balaban J connectivity index is 2.77. The highest BCUT2D eigenvalue weighted by Gasteiger charge is 2.10. The van der Waals surface area contributed by atoms with E-state index < -0.39 is 6.17 Å². The number of methoxy groups -OCH3 is 1. The molecule has 0 fully saturated rings. The van der Waals surface area contributed by atoms with E-state index in [9.17, 15) is 4.39 Å². The van der Waals surface area contributed by atoms with Gasteiger partial charge in [-0.1, -0.05) is 17.7 Å². The lowest BCUT2D eigenvalue weighted by molar-refractivity contribution is 0.311. The number of ether oxygens (including phenoxy) is 1. The van der Waals surface area contributed by atoms with E-state index in [1.807, 2.05) is 25.1 Å². The molecule has 1 unspecified atom stereocenters. The molecule has 0 amide bonds. The first-order valence-electron chi connectivity index (χ1n) is 5.15. The van der Waals surface area contributed by atoms with Gasteiger partial charge in [0.1, 0.15) is 11.9 Å². The smallest absolute Gasteiger partial charge is 0.122 e. The second-order valence-electron chi connectivity index (χ2n) is 3.69. The molecule has 0 aliphatic heterocycles. The predicted octanol–water partition coefficient (Wildman–Crippen LogP) is 2.23. The number of rotatable bonds is 5. The van der Waals surface area contributed by atoms with Crippen LogP contribution in [0.1, 0.15) is 17.5 Å². The van der Waals surface area contributed by atoms with Crippen molar-refractivity contribution < 1.29 is 9.13 Å². The fourth-order valence-corrected chi connectivity index (χ4v) is 1.59. The van der Waals surface area contributed by atoms with Gasteiger partial charge in [0.15, 0.2) is 0 Å². The summed E-state index contributed by atoms with van der Waals surface area (Å²) in [7, 11) is 1.60. The summed E-state index contributed by atoms with van der Waals surface area (Å²) in [5, 5.41) is 0. The summed E-state index contributed by atoms with van der Waals surface area (Å²) >= 11 is 0. The Morgan fingerprint density at radius 2 is 2.20 bits per heavy atom. The van der Waals surface area contributed by atoms with E-state index in [1.54, 1.807) is 7.11 Å². The van der Waals surface area contributed by atoms with Gasteiger partial charge in [-0.2, -0.15) is 0 Å². The summed E-state index contributed by atoms with van der Waals surface area (Å²) in [5.74, 6) is 0.750. The molecule has 0 heterocycles. The van der Waals surface area contributed by atoms with Crippen molar-refractivity contribution in [3.63, 3.8) is 0 Å². The van der Waals surface area contributed by atoms with Gasteiger partial charge in [-0.25, -0.2) is 4.39 Å². The highest BCUT2D eigenvalue weighted by molar-refractivity contribution is 5.37. The molecule has 0 spiro atoms. The fraction of sp³-hybridized carbons (Fsp3) is 0.500. The zero-order valence-electron chi connectivity index (χ0n) is 9.29. The first-order chi connectivity index (χ1) is 7.17. The maximum Gasteiger partial charge on any atom is 0.122 e. The summed E-state index contributed by atoms with van der Waals surface area (Å²) in [5.41, 5.74) is 7.34. The molecule has 0 aliphatic rings. The molecule has 0 aromatic heterocycles. The number of hydrogen-bond donors (Lipinski definition) is 1. The van der Waals surface area contributed by atoms with E-state index >= 15 is 0 Å². The monoisotopic (exact) mass is 211 g/mol. The normalized spacial score (nSPS) is 12.5. The molecule has 2 nitrogen and oxygen atoms in total. The second kappa shape index (κ2) is 5.71. The van der Waals surface area contributed by atoms with E-state index in [4.69, 9.17) is 10.5 Å². The van der Waals surface area contributed by atoms with E-state index in [1.165, 1.54) is 0 Å². The third kappa shape index (κ3) is 3.51. The van der Waals surface area contributed by atoms with Crippen LogP contribution in [-0.2, 0) is 6.42 Å². The van der Waals surface area contributed by atoms with E-state index in [0.29, 0.717) is 19.4 Å². The predicted molar refractivity (Wildman–Crippen MR) is 60.0 cm³/mol. The second-order valence-corrected chi connectivity index (χ2v) is 3.69. The van der Waals surface area contributed by atoms with Crippen LogP contribution in [0, 0.1) is 6.92 Å². The van der Waals surface area contributed by atoms with Crippen molar-refractivity contribution in [3.05, 3.63) is 29.3 Å². The molecule has 0 radical (unpaired) electrons. The highest BCUT2D eigenvalue weighted by atomic mass is 19.1. The molecule has 2 N–H and O–H groups in total. The Hall–Kier alpha value is -1.09. The van der Waals surface area contributed by atoms with Gasteiger partial charge in [-0.15, -0.1) is 0 Å². The third-order valence-electron chi connectivity index (χ3n) is 2.36. The molecular formula is C12H18FNO. The summed E-state index contributed by atoms with van der Waals surface area (Å²) in [4.78, 5) is 0. The average molecular weight is 211 g/mol. The SMILES string of the molecule is COc1ccc(C)cc1CC(F)CCN. The van der Waals surface area contributed by atoms with Crippen LogP contribution in [0.3, 0.4) is 0 Å². The van der Waals surface area contributed by atoms with Crippen molar-refractivity contribution >= 4 is 0 Å². The molecule has 0 saturated heterocycles. The van der Waals surface area contributed by atoms with Gasteiger partial charge in [0.25, 0.3) is 0 Å².